The molecule has 1 amide bonds. The molecule has 0 aliphatic carbocycles. The van der Waals surface area contributed by atoms with Gasteiger partial charge in [-0.3, -0.25) is 4.79 Å². The van der Waals surface area contributed by atoms with Crippen LogP contribution in [0.15, 0.2) is 36.4 Å². The van der Waals surface area contributed by atoms with Crippen molar-refractivity contribution in [1.82, 2.24) is 10.2 Å². The number of likely N-dealkylation sites (tertiary alicyclic amines) is 1. The number of thiophene rings is 1. The average molecular weight is 371 g/mol. The van der Waals surface area contributed by atoms with Gasteiger partial charge in [0.1, 0.15) is 11.9 Å². The van der Waals surface area contributed by atoms with E-state index < -0.39 is 0 Å². The van der Waals surface area contributed by atoms with Crippen LogP contribution < -0.4 is 10.1 Å². The Hall–Kier alpha value is -1.85. The Morgan fingerprint density at radius 1 is 1.12 bits per heavy atom. The Kier molecular flexibility index (Phi) is 5.27. The first-order chi connectivity index (χ1) is 12.7. The van der Waals surface area contributed by atoms with Crippen molar-refractivity contribution in [2.24, 2.45) is 0 Å². The number of nitrogens with one attached hydrogen (secondary N) is 1. The molecule has 0 radical (unpaired) electrons. The summed E-state index contributed by atoms with van der Waals surface area (Å²) in [4.78, 5) is 16.9. The highest BCUT2D eigenvalue weighted by molar-refractivity contribution is 7.14. The summed E-state index contributed by atoms with van der Waals surface area (Å²) in [5.74, 6) is 1.10. The zero-order valence-electron chi connectivity index (χ0n) is 15.2. The highest BCUT2D eigenvalue weighted by Crippen LogP contribution is 2.30. The predicted molar refractivity (Wildman–Crippen MR) is 105 cm³/mol. The molecule has 1 aromatic carbocycles. The summed E-state index contributed by atoms with van der Waals surface area (Å²) >= 11 is 1.65. The minimum Gasteiger partial charge on any atom is -0.490 e. The molecule has 5 heteroatoms. The van der Waals surface area contributed by atoms with Gasteiger partial charge in [0.25, 0.3) is 5.91 Å². The number of benzene rings is 1. The molecular formula is C21H26N2O2S. The number of piperidine rings is 1. The molecule has 2 aliphatic heterocycles. The summed E-state index contributed by atoms with van der Waals surface area (Å²) in [6.45, 7) is 4.70. The van der Waals surface area contributed by atoms with Crippen LogP contribution in [-0.2, 0) is 0 Å². The molecule has 1 unspecified atom stereocenters. The number of carbonyl (C=O) groups is 1. The SMILES string of the molecule is Cc1ccc(OC2CCN(C(=O)c3ccc(C4CCCN4)s3)CC2)cc1. The monoisotopic (exact) mass is 370 g/mol. The second kappa shape index (κ2) is 7.80. The first kappa shape index (κ1) is 17.6. The summed E-state index contributed by atoms with van der Waals surface area (Å²) in [7, 11) is 0. The number of aryl methyl sites for hydroxylation is 1. The predicted octanol–water partition coefficient (Wildman–Crippen LogP) is 4.16. The molecule has 2 fully saturated rings. The van der Waals surface area contributed by atoms with Crippen molar-refractivity contribution in [3.8, 4) is 5.75 Å². The standard InChI is InChI=1S/C21H26N2O2S/c1-15-4-6-16(7-5-15)25-17-10-13-23(14-11-17)21(24)20-9-8-19(26-20)18-3-2-12-22-18/h4-9,17-18,22H,2-3,10-14H2,1H3. The van der Waals surface area contributed by atoms with Crippen LogP contribution in [0.25, 0.3) is 0 Å². The van der Waals surface area contributed by atoms with Gasteiger partial charge in [-0.2, -0.15) is 0 Å². The van der Waals surface area contributed by atoms with Crippen LogP contribution >= 0.6 is 11.3 Å². The Labute approximate surface area is 159 Å². The second-order valence-electron chi connectivity index (χ2n) is 7.27. The van der Waals surface area contributed by atoms with Gasteiger partial charge >= 0.3 is 0 Å². The van der Waals surface area contributed by atoms with E-state index >= 15 is 0 Å². The topological polar surface area (TPSA) is 41.6 Å². The summed E-state index contributed by atoms with van der Waals surface area (Å²) in [6.07, 6.45) is 4.38. The minimum atomic E-state index is 0.174. The van der Waals surface area contributed by atoms with Gasteiger partial charge in [-0.15, -0.1) is 11.3 Å². The van der Waals surface area contributed by atoms with Crippen LogP contribution in [0, 0.1) is 6.92 Å². The fourth-order valence-corrected chi connectivity index (χ4v) is 4.81. The van der Waals surface area contributed by atoms with Gasteiger partial charge in [0.15, 0.2) is 0 Å². The zero-order chi connectivity index (χ0) is 17.9. The van der Waals surface area contributed by atoms with Crippen LogP contribution in [-0.4, -0.2) is 36.5 Å². The molecule has 1 N–H and O–H groups in total. The maximum absolute atomic E-state index is 12.8. The number of amides is 1. The van der Waals surface area contributed by atoms with E-state index in [1.807, 2.05) is 23.1 Å². The van der Waals surface area contributed by atoms with Crippen molar-refractivity contribution in [3.63, 3.8) is 0 Å². The third-order valence-electron chi connectivity index (χ3n) is 5.29. The molecular weight excluding hydrogens is 344 g/mol. The van der Waals surface area contributed by atoms with Crippen molar-refractivity contribution in [2.75, 3.05) is 19.6 Å². The quantitative estimate of drug-likeness (QED) is 0.878. The van der Waals surface area contributed by atoms with E-state index in [0.29, 0.717) is 6.04 Å². The lowest BCUT2D eigenvalue weighted by Gasteiger charge is -2.32. The lowest BCUT2D eigenvalue weighted by Crippen LogP contribution is -2.41. The summed E-state index contributed by atoms with van der Waals surface area (Å²) < 4.78 is 6.07. The smallest absolute Gasteiger partial charge is 0.263 e. The minimum absolute atomic E-state index is 0.174. The third kappa shape index (κ3) is 3.94. The second-order valence-corrected chi connectivity index (χ2v) is 8.39. The number of hydrogen-bond donors (Lipinski definition) is 1. The Morgan fingerprint density at radius 2 is 1.88 bits per heavy atom. The largest absolute Gasteiger partial charge is 0.490 e. The molecule has 0 saturated carbocycles. The lowest BCUT2D eigenvalue weighted by atomic mass is 10.1. The molecule has 138 valence electrons. The van der Waals surface area contributed by atoms with Gasteiger partial charge in [0, 0.05) is 36.9 Å². The molecule has 1 atom stereocenters. The highest BCUT2D eigenvalue weighted by Gasteiger charge is 2.26. The number of carbonyl (C=O) groups excluding carboxylic acids is 1. The van der Waals surface area contributed by atoms with Crippen LogP contribution in [0.3, 0.4) is 0 Å². The third-order valence-corrected chi connectivity index (χ3v) is 6.48. The fraction of sp³-hybridized carbons (Fsp3) is 0.476. The van der Waals surface area contributed by atoms with Gasteiger partial charge in [-0.25, -0.2) is 0 Å². The normalized spacial score (nSPS) is 21.1. The maximum atomic E-state index is 12.8. The highest BCUT2D eigenvalue weighted by atomic mass is 32.1. The van der Waals surface area contributed by atoms with Crippen LogP contribution in [0.1, 0.15) is 51.8 Å². The molecule has 4 rings (SSSR count). The van der Waals surface area contributed by atoms with Crippen molar-refractivity contribution < 1.29 is 9.53 Å². The van der Waals surface area contributed by atoms with E-state index in [-0.39, 0.29) is 12.0 Å². The summed E-state index contributed by atoms with van der Waals surface area (Å²) in [6, 6.07) is 12.7. The molecule has 0 bridgehead atoms. The molecule has 4 nitrogen and oxygen atoms in total. The fourth-order valence-electron chi connectivity index (χ4n) is 3.72. The zero-order valence-corrected chi connectivity index (χ0v) is 16.1. The Morgan fingerprint density at radius 3 is 2.58 bits per heavy atom. The van der Waals surface area contributed by atoms with Crippen LogP contribution in [0.4, 0.5) is 0 Å². The van der Waals surface area contributed by atoms with E-state index in [1.165, 1.54) is 23.3 Å². The number of rotatable bonds is 4. The molecule has 2 aliphatic rings. The molecule has 1 aromatic heterocycles. The average Bonchev–Trinajstić information content (AvgIpc) is 3.35. The van der Waals surface area contributed by atoms with Gasteiger partial charge in [-0.05, 0) is 50.6 Å². The molecule has 26 heavy (non-hydrogen) atoms. The number of ether oxygens (including phenoxy) is 1. The van der Waals surface area contributed by atoms with E-state index in [1.54, 1.807) is 11.3 Å². The van der Waals surface area contributed by atoms with Gasteiger partial charge in [0.05, 0.1) is 4.88 Å². The van der Waals surface area contributed by atoms with Gasteiger partial charge in [-0.1, -0.05) is 17.7 Å². The molecule has 0 spiro atoms. The molecule has 3 heterocycles. The maximum Gasteiger partial charge on any atom is 0.263 e. The molecule has 2 saturated heterocycles. The van der Waals surface area contributed by atoms with E-state index in [4.69, 9.17) is 4.74 Å². The lowest BCUT2D eigenvalue weighted by molar-refractivity contribution is 0.0600. The van der Waals surface area contributed by atoms with Gasteiger partial charge in [0.2, 0.25) is 0 Å². The number of nitrogens with zero attached hydrogens (tertiary/aromatic N) is 1. The van der Waals surface area contributed by atoms with E-state index in [2.05, 4.69) is 30.4 Å². The van der Waals surface area contributed by atoms with Crippen molar-refractivity contribution >= 4 is 17.2 Å². The van der Waals surface area contributed by atoms with Crippen molar-refractivity contribution in [3.05, 3.63) is 51.7 Å². The van der Waals surface area contributed by atoms with Gasteiger partial charge < -0.3 is 15.0 Å². The summed E-state index contributed by atoms with van der Waals surface area (Å²) in [5, 5.41) is 3.51. The van der Waals surface area contributed by atoms with Crippen LogP contribution in [0.2, 0.25) is 0 Å². The Bertz CT molecular complexity index is 742. The number of hydrogen-bond acceptors (Lipinski definition) is 4. The van der Waals surface area contributed by atoms with E-state index in [0.717, 1.165) is 43.1 Å². The summed E-state index contributed by atoms with van der Waals surface area (Å²) in [5.41, 5.74) is 1.24. The van der Waals surface area contributed by atoms with E-state index in [9.17, 15) is 4.79 Å². The first-order valence-electron chi connectivity index (χ1n) is 9.55. The Balaban J connectivity index is 1.31. The van der Waals surface area contributed by atoms with Crippen LogP contribution in [0.5, 0.6) is 5.75 Å². The molecule has 2 aromatic rings. The van der Waals surface area contributed by atoms with Crippen molar-refractivity contribution in [2.45, 2.75) is 44.8 Å². The van der Waals surface area contributed by atoms with Crippen molar-refractivity contribution in [1.29, 1.82) is 0 Å². The first-order valence-corrected chi connectivity index (χ1v) is 10.4.